The van der Waals surface area contributed by atoms with E-state index in [1.54, 1.807) is 22.6 Å². The fraction of sp³-hybridized carbons (Fsp3) is 0. The molecule has 4 nitrogen and oxygen atoms in total. The molecular weight excluding hydrogens is 327 g/mol. The molecule has 0 saturated carbocycles. The van der Waals surface area contributed by atoms with Crippen LogP contribution in [-0.2, 0) is 20.6 Å². The van der Waals surface area contributed by atoms with Gasteiger partial charge in [-0.15, -0.1) is 0 Å². The molecule has 0 saturated heterocycles. The van der Waals surface area contributed by atoms with E-state index in [0.717, 1.165) is 0 Å². The van der Waals surface area contributed by atoms with Crippen LogP contribution in [0.2, 0.25) is 0 Å². The first-order valence-electron chi connectivity index (χ1n) is 3.01. The summed E-state index contributed by atoms with van der Waals surface area (Å²) in [6.45, 7) is 0. The van der Waals surface area contributed by atoms with Crippen LogP contribution in [0.3, 0.4) is 0 Å². The van der Waals surface area contributed by atoms with Gasteiger partial charge in [-0.05, 0) is 34.7 Å². The minimum absolute atomic E-state index is 0.170. The third-order valence-electron chi connectivity index (χ3n) is 1.28. The van der Waals surface area contributed by atoms with Gasteiger partial charge in [0.2, 0.25) is 20.6 Å². The van der Waals surface area contributed by atoms with Crippen LogP contribution in [0.25, 0.3) is 0 Å². The molecule has 0 fully saturated rings. The Balaban J connectivity index is 3.71. The van der Waals surface area contributed by atoms with E-state index < -0.39 is 20.6 Å². The molecule has 13 heavy (non-hydrogen) atoms. The normalized spacial score (nSPS) is 15.6. The van der Waals surface area contributed by atoms with Gasteiger partial charge in [0.1, 0.15) is 9.73 Å². The lowest BCUT2D eigenvalue weighted by molar-refractivity contribution is 0.625. The Morgan fingerprint density at radius 3 is 2.08 bits per heavy atom. The lowest BCUT2D eigenvalue weighted by Gasteiger charge is -2.01. The predicted octanol–water partition coefficient (Wildman–Crippen LogP) is -0.0219. The lowest BCUT2D eigenvalue weighted by atomic mass is 10.2. The maximum Gasteiger partial charge on any atom is 0.224 e. The fourth-order valence-corrected chi connectivity index (χ4v) is 3.32. The molecule has 7 heteroatoms. The molecular formula is C6H3IO4S2. The van der Waals surface area contributed by atoms with Crippen LogP contribution >= 0.6 is 22.6 Å². The fourth-order valence-electron chi connectivity index (χ4n) is 0.782. The highest BCUT2D eigenvalue weighted by atomic mass is 127. The van der Waals surface area contributed by atoms with Gasteiger partial charge in [-0.25, -0.2) is 0 Å². The Bertz CT molecular complexity index is 544. The van der Waals surface area contributed by atoms with E-state index in [4.69, 9.17) is 0 Å². The van der Waals surface area contributed by atoms with Crippen molar-refractivity contribution in [1.29, 1.82) is 0 Å². The molecule has 0 amide bonds. The second kappa shape index (κ2) is 4.20. The number of rotatable bonds is 0. The van der Waals surface area contributed by atoms with Crippen molar-refractivity contribution in [2.45, 2.75) is 0 Å². The van der Waals surface area contributed by atoms with Gasteiger partial charge in [-0.3, -0.25) is 0 Å². The summed E-state index contributed by atoms with van der Waals surface area (Å²) in [4.78, 5) is -0.364. The summed E-state index contributed by atoms with van der Waals surface area (Å²) >= 11 is 1.77. The highest BCUT2D eigenvalue weighted by Crippen LogP contribution is 2.13. The highest BCUT2D eigenvalue weighted by molar-refractivity contribution is 14.1. The second-order valence-electron chi connectivity index (χ2n) is 2.04. The first kappa shape index (κ1) is 10.7. The molecule has 0 aromatic heterocycles. The Morgan fingerprint density at radius 2 is 1.69 bits per heavy atom. The zero-order valence-corrected chi connectivity index (χ0v) is 9.85. The van der Waals surface area contributed by atoms with Crippen LogP contribution in [0.1, 0.15) is 0 Å². The molecule has 0 bridgehead atoms. The van der Waals surface area contributed by atoms with E-state index in [0.29, 0.717) is 3.58 Å². The van der Waals surface area contributed by atoms with E-state index in [9.17, 15) is 16.8 Å². The van der Waals surface area contributed by atoms with E-state index in [1.807, 2.05) is 0 Å². The molecule has 0 radical (unpaired) electrons. The molecule has 1 rings (SSSR count). The minimum atomic E-state index is -2.52. The third kappa shape index (κ3) is 2.29. The molecule has 0 unspecified atom stereocenters. The zero-order valence-electron chi connectivity index (χ0n) is 6.06. The number of hydrogen-bond donors (Lipinski definition) is 0. The van der Waals surface area contributed by atoms with Crippen molar-refractivity contribution in [2.24, 2.45) is 0 Å². The summed E-state index contributed by atoms with van der Waals surface area (Å²) in [7, 11) is -5.04. The van der Waals surface area contributed by atoms with Crippen molar-refractivity contribution in [3.05, 3.63) is 21.8 Å². The average Bonchev–Trinajstić information content (AvgIpc) is 2.02. The zero-order chi connectivity index (χ0) is 10.0. The Labute approximate surface area is 91.2 Å². The Morgan fingerprint density at radius 1 is 1.08 bits per heavy atom. The highest BCUT2D eigenvalue weighted by Gasteiger charge is 2.15. The molecule has 0 atom stereocenters. The summed E-state index contributed by atoms with van der Waals surface area (Å²) < 4.78 is 42.9. The Kier molecular flexibility index (Phi) is 3.45. The first-order chi connectivity index (χ1) is 6.04. The van der Waals surface area contributed by atoms with Gasteiger partial charge in [-0.2, -0.15) is 16.8 Å². The van der Waals surface area contributed by atoms with E-state index in [-0.39, 0.29) is 9.73 Å². The van der Waals surface area contributed by atoms with E-state index in [2.05, 4.69) is 0 Å². The molecule has 1 aliphatic rings. The second-order valence-corrected chi connectivity index (χ2v) is 4.99. The third-order valence-corrected chi connectivity index (χ3v) is 4.14. The SMILES string of the molecule is O=S(=O)=C1C=CC=C(I)C1=S(=O)=O. The Hall–Kier alpha value is -0.410. The van der Waals surface area contributed by atoms with Crippen molar-refractivity contribution < 1.29 is 16.8 Å². The molecule has 0 aliphatic heterocycles. The van der Waals surface area contributed by atoms with Gasteiger partial charge >= 0.3 is 0 Å². The number of halogens is 1. The van der Waals surface area contributed by atoms with Crippen LogP contribution in [-0.4, -0.2) is 26.6 Å². The van der Waals surface area contributed by atoms with Crippen molar-refractivity contribution >= 4 is 52.9 Å². The van der Waals surface area contributed by atoms with Crippen molar-refractivity contribution in [3.8, 4) is 0 Å². The van der Waals surface area contributed by atoms with Crippen LogP contribution in [0, 0.1) is 0 Å². The summed E-state index contributed by atoms with van der Waals surface area (Å²) in [5.74, 6) is 0. The topological polar surface area (TPSA) is 68.3 Å². The quantitative estimate of drug-likeness (QED) is 0.462. The summed E-state index contributed by atoms with van der Waals surface area (Å²) in [5.41, 5.74) is 0. The van der Waals surface area contributed by atoms with Crippen LogP contribution in [0.4, 0.5) is 0 Å². The molecule has 70 valence electrons. The van der Waals surface area contributed by atoms with E-state index >= 15 is 0 Å². The molecule has 0 N–H and O–H groups in total. The van der Waals surface area contributed by atoms with Crippen LogP contribution < -0.4 is 0 Å². The van der Waals surface area contributed by atoms with Gasteiger partial charge in [0.05, 0.1) is 0 Å². The predicted molar refractivity (Wildman–Crippen MR) is 59.1 cm³/mol. The van der Waals surface area contributed by atoms with Gasteiger partial charge in [0.15, 0.2) is 0 Å². The maximum atomic E-state index is 10.7. The standard InChI is InChI=1S/C6H3IO4S2/c7-4-2-1-3-5(12(8)9)6(4)13(10)11/h1-3H. The largest absolute Gasteiger partial charge is 0.224 e. The van der Waals surface area contributed by atoms with Crippen molar-refractivity contribution in [3.63, 3.8) is 0 Å². The summed E-state index contributed by atoms with van der Waals surface area (Å²) in [6, 6.07) is 0. The van der Waals surface area contributed by atoms with Gasteiger partial charge in [0, 0.05) is 3.58 Å². The van der Waals surface area contributed by atoms with Crippen molar-refractivity contribution in [2.75, 3.05) is 0 Å². The van der Waals surface area contributed by atoms with Crippen molar-refractivity contribution in [1.82, 2.24) is 0 Å². The van der Waals surface area contributed by atoms with Crippen LogP contribution in [0.5, 0.6) is 0 Å². The first-order valence-corrected chi connectivity index (χ1v) is 6.24. The molecule has 0 aromatic rings. The maximum absolute atomic E-state index is 10.7. The van der Waals surface area contributed by atoms with Crippen LogP contribution in [0.15, 0.2) is 21.8 Å². The monoisotopic (exact) mass is 330 g/mol. The smallest absolute Gasteiger partial charge is 0.184 e. The summed E-state index contributed by atoms with van der Waals surface area (Å²) in [5, 5.41) is 0. The van der Waals surface area contributed by atoms with Gasteiger partial charge in [-0.1, -0.05) is 6.08 Å². The molecule has 0 heterocycles. The van der Waals surface area contributed by atoms with Gasteiger partial charge < -0.3 is 0 Å². The average molecular weight is 330 g/mol. The minimum Gasteiger partial charge on any atom is -0.184 e. The summed E-state index contributed by atoms with van der Waals surface area (Å²) in [6.07, 6.45) is 4.27. The number of hydrogen-bond acceptors (Lipinski definition) is 4. The molecule has 0 aromatic carbocycles. The molecule has 1 aliphatic carbocycles. The van der Waals surface area contributed by atoms with E-state index in [1.165, 1.54) is 18.2 Å². The number of allylic oxidation sites excluding steroid dienone is 4. The molecule has 0 spiro atoms. The van der Waals surface area contributed by atoms with Gasteiger partial charge in [0.25, 0.3) is 0 Å². The lowest BCUT2D eigenvalue weighted by Crippen LogP contribution is -2.16.